The van der Waals surface area contributed by atoms with Crippen LogP contribution in [0.5, 0.6) is 0 Å². The van der Waals surface area contributed by atoms with Crippen LogP contribution in [-0.2, 0) is 17.3 Å². The van der Waals surface area contributed by atoms with Crippen molar-refractivity contribution in [2.75, 3.05) is 43.1 Å². The zero-order valence-corrected chi connectivity index (χ0v) is 16.3. The Morgan fingerprint density at radius 2 is 1.83 bits per heavy atom. The minimum absolute atomic E-state index is 0.0561. The van der Waals surface area contributed by atoms with Gasteiger partial charge in [0.2, 0.25) is 0 Å². The van der Waals surface area contributed by atoms with Crippen LogP contribution in [0.15, 0.2) is 48.5 Å². The first-order valence-electron chi connectivity index (χ1n) is 9.63. The van der Waals surface area contributed by atoms with Gasteiger partial charge in [-0.1, -0.05) is 30.3 Å². The van der Waals surface area contributed by atoms with E-state index in [1.54, 1.807) is 0 Å². The van der Waals surface area contributed by atoms with Crippen LogP contribution in [0.25, 0.3) is 0 Å². The predicted octanol–water partition coefficient (Wildman–Crippen LogP) is 3.27. The van der Waals surface area contributed by atoms with Gasteiger partial charge in [-0.2, -0.15) is 13.2 Å². The number of nitrogens with zero attached hydrogens (tertiary/aromatic N) is 1. The summed E-state index contributed by atoms with van der Waals surface area (Å²) in [4.78, 5) is 14.4. The fraction of sp³-hybridized carbons (Fsp3) is 0.381. The molecular weight excluding hydrogens is 399 g/mol. The lowest BCUT2D eigenvalue weighted by atomic mass is 10.1. The van der Waals surface area contributed by atoms with Crippen LogP contribution < -0.4 is 15.5 Å². The largest absolute Gasteiger partial charge is 0.416 e. The summed E-state index contributed by atoms with van der Waals surface area (Å²) < 4.78 is 44.9. The summed E-state index contributed by atoms with van der Waals surface area (Å²) in [6, 6.07) is 11.3. The number of aliphatic hydroxyl groups is 1. The van der Waals surface area contributed by atoms with Gasteiger partial charge in [0.1, 0.15) is 0 Å². The number of carbonyl (C=O) groups is 1. The summed E-state index contributed by atoms with van der Waals surface area (Å²) in [6.07, 6.45) is -4.14. The molecule has 1 aliphatic rings. The Morgan fingerprint density at radius 1 is 1.13 bits per heavy atom. The maximum Gasteiger partial charge on any atom is 0.416 e. The second kappa shape index (κ2) is 9.82. The van der Waals surface area contributed by atoms with Crippen molar-refractivity contribution in [1.82, 2.24) is 5.32 Å². The molecule has 0 aromatic heterocycles. The molecule has 2 aromatic carbocycles. The van der Waals surface area contributed by atoms with E-state index in [9.17, 15) is 23.1 Å². The number of carbonyl (C=O) groups excluding carboxylic acids is 1. The number of urea groups is 1. The summed E-state index contributed by atoms with van der Waals surface area (Å²) in [6.45, 7) is 1.62. The van der Waals surface area contributed by atoms with E-state index < -0.39 is 23.8 Å². The van der Waals surface area contributed by atoms with Crippen molar-refractivity contribution in [3.63, 3.8) is 0 Å². The molecule has 2 aromatic rings. The second-order valence-corrected chi connectivity index (χ2v) is 7.00. The molecule has 0 saturated carbocycles. The topological polar surface area (TPSA) is 73.8 Å². The Balaban J connectivity index is 1.76. The van der Waals surface area contributed by atoms with Crippen LogP contribution in [0.3, 0.4) is 0 Å². The van der Waals surface area contributed by atoms with Gasteiger partial charge in [0, 0.05) is 13.1 Å². The van der Waals surface area contributed by atoms with Crippen molar-refractivity contribution < 1.29 is 27.8 Å². The van der Waals surface area contributed by atoms with Crippen LogP contribution in [0.1, 0.15) is 11.1 Å². The fourth-order valence-corrected chi connectivity index (χ4v) is 3.30. The molecule has 2 amide bonds. The maximum atomic E-state index is 13.2. The van der Waals surface area contributed by atoms with Crippen LogP contribution >= 0.6 is 0 Å². The van der Waals surface area contributed by atoms with Gasteiger partial charge in [0.25, 0.3) is 0 Å². The van der Waals surface area contributed by atoms with E-state index in [1.165, 1.54) is 6.07 Å². The molecule has 30 heavy (non-hydrogen) atoms. The molecule has 1 heterocycles. The van der Waals surface area contributed by atoms with Crippen molar-refractivity contribution in [2.45, 2.75) is 18.6 Å². The molecule has 1 saturated heterocycles. The summed E-state index contributed by atoms with van der Waals surface area (Å²) in [5.41, 5.74) is 0.619. The molecule has 1 unspecified atom stereocenters. The fourth-order valence-electron chi connectivity index (χ4n) is 3.30. The zero-order chi connectivity index (χ0) is 21.6. The van der Waals surface area contributed by atoms with E-state index in [0.29, 0.717) is 38.4 Å². The van der Waals surface area contributed by atoms with Gasteiger partial charge in [0.15, 0.2) is 0 Å². The first-order valence-corrected chi connectivity index (χ1v) is 9.63. The highest BCUT2D eigenvalue weighted by Crippen LogP contribution is 2.35. The van der Waals surface area contributed by atoms with Gasteiger partial charge in [-0.3, -0.25) is 0 Å². The van der Waals surface area contributed by atoms with Gasteiger partial charge in [-0.05, 0) is 30.2 Å². The van der Waals surface area contributed by atoms with Crippen molar-refractivity contribution in [3.8, 4) is 0 Å². The summed E-state index contributed by atoms with van der Waals surface area (Å²) >= 11 is 0. The summed E-state index contributed by atoms with van der Waals surface area (Å²) in [5.74, 6) is 0. The number of anilines is 2. The number of hydrogen-bond donors (Lipinski definition) is 3. The Morgan fingerprint density at radius 3 is 2.47 bits per heavy atom. The quantitative estimate of drug-likeness (QED) is 0.667. The van der Waals surface area contributed by atoms with Crippen molar-refractivity contribution >= 4 is 17.4 Å². The van der Waals surface area contributed by atoms with Gasteiger partial charge in [0.05, 0.1) is 42.8 Å². The highest BCUT2D eigenvalue weighted by atomic mass is 19.4. The Hall–Kier alpha value is -2.78. The molecule has 0 bridgehead atoms. The average Bonchev–Trinajstić information content (AvgIpc) is 2.74. The Bertz CT molecular complexity index is 840. The molecule has 1 atom stereocenters. The molecule has 3 rings (SSSR count). The van der Waals surface area contributed by atoms with Gasteiger partial charge >= 0.3 is 12.2 Å². The molecule has 0 aliphatic carbocycles. The first kappa shape index (κ1) is 21.9. The minimum atomic E-state index is -4.53. The molecule has 162 valence electrons. The highest BCUT2D eigenvalue weighted by molar-refractivity contribution is 5.93. The molecule has 6 nitrogen and oxygen atoms in total. The molecular formula is C21H24F3N3O3. The van der Waals surface area contributed by atoms with E-state index in [-0.39, 0.29) is 12.3 Å². The SMILES string of the molecule is O=C(Nc1cc(C(F)(F)F)ccc1N1CCOCC1)NC(CO)Cc1ccccc1. The number of ether oxygens (including phenoxy) is 1. The summed E-state index contributed by atoms with van der Waals surface area (Å²) in [5, 5.41) is 14.8. The minimum Gasteiger partial charge on any atom is -0.394 e. The second-order valence-electron chi connectivity index (χ2n) is 7.00. The number of aliphatic hydroxyl groups excluding tert-OH is 1. The van der Waals surface area contributed by atoms with E-state index in [1.807, 2.05) is 35.2 Å². The molecule has 3 N–H and O–H groups in total. The van der Waals surface area contributed by atoms with Gasteiger partial charge in [-0.25, -0.2) is 4.79 Å². The normalized spacial score (nSPS) is 15.5. The number of morpholine rings is 1. The number of halogens is 3. The van der Waals surface area contributed by atoms with E-state index in [0.717, 1.165) is 17.7 Å². The lowest BCUT2D eigenvalue weighted by molar-refractivity contribution is -0.137. The van der Waals surface area contributed by atoms with Crippen LogP contribution in [0, 0.1) is 0 Å². The van der Waals surface area contributed by atoms with Crippen molar-refractivity contribution in [1.29, 1.82) is 0 Å². The average molecular weight is 423 g/mol. The monoisotopic (exact) mass is 423 g/mol. The number of nitrogens with one attached hydrogen (secondary N) is 2. The molecule has 0 radical (unpaired) electrons. The molecule has 0 spiro atoms. The van der Waals surface area contributed by atoms with E-state index in [2.05, 4.69) is 10.6 Å². The highest BCUT2D eigenvalue weighted by Gasteiger charge is 2.32. The molecule has 9 heteroatoms. The third-order valence-corrected chi connectivity index (χ3v) is 4.80. The Labute approximate surface area is 172 Å². The zero-order valence-electron chi connectivity index (χ0n) is 16.3. The number of amides is 2. The van der Waals surface area contributed by atoms with E-state index in [4.69, 9.17) is 4.74 Å². The molecule has 1 aliphatic heterocycles. The van der Waals surface area contributed by atoms with E-state index >= 15 is 0 Å². The number of benzene rings is 2. The lowest BCUT2D eigenvalue weighted by Crippen LogP contribution is -2.42. The van der Waals surface area contributed by atoms with Crippen LogP contribution in [-0.4, -0.2) is 50.1 Å². The predicted molar refractivity (Wildman–Crippen MR) is 108 cm³/mol. The molecule has 1 fully saturated rings. The summed E-state index contributed by atoms with van der Waals surface area (Å²) in [7, 11) is 0. The third kappa shape index (κ3) is 5.87. The van der Waals surface area contributed by atoms with Crippen LogP contribution in [0.2, 0.25) is 0 Å². The standard InChI is InChI=1S/C21H24F3N3O3/c22-21(23,24)16-6-7-19(27-8-10-30-11-9-27)18(13-16)26-20(29)25-17(14-28)12-15-4-2-1-3-5-15/h1-7,13,17,28H,8-12,14H2,(H2,25,26,29). The maximum absolute atomic E-state index is 13.2. The number of rotatable bonds is 6. The Kier molecular flexibility index (Phi) is 7.17. The van der Waals surface area contributed by atoms with Gasteiger partial charge < -0.3 is 25.4 Å². The third-order valence-electron chi connectivity index (χ3n) is 4.80. The van der Waals surface area contributed by atoms with Gasteiger partial charge in [-0.15, -0.1) is 0 Å². The van der Waals surface area contributed by atoms with Crippen molar-refractivity contribution in [3.05, 3.63) is 59.7 Å². The van der Waals surface area contributed by atoms with Crippen LogP contribution in [0.4, 0.5) is 29.3 Å². The first-order chi connectivity index (χ1) is 14.4. The lowest BCUT2D eigenvalue weighted by Gasteiger charge is -2.31. The number of hydrogen-bond acceptors (Lipinski definition) is 4. The van der Waals surface area contributed by atoms with Crippen molar-refractivity contribution in [2.24, 2.45) is 0 Å². The number of alkyl halides is 3. The smallest absolute Gasteiger partial charge is 0.394 e.